The number of nitrogens with zero attached hydrogens (tertiary/aromatic N) is 2. The van der Waals surface area contributed by atoms with Crippen LogP contribution < -0.4 is 5.32 Å². The van der Waals surface area contributed by atoms with E-state index in [-0.39, 0.29) is 24.2 Å². The lowest BCUT2D eigenvalue weighted by Crippen LogP contribution is -2.41. The lowest BCUT2D eigenvalue weighted by Gasteiger charge is -2.30. The van der Waals surface area contributed by atoms with Crippen LogP contribution in [0.4, 0.5) is 8.78 Å². The quantitative estimate of drug-likeness (QED) is 0.898. The molecule has 2 saturated heterocycles. The van der Waals surface area contributed by atoms with Gasteiger partial charge in [0.05, 0.1) is 6.04 Å². The van der Waals surface area contributed by atoms with E-state index in [0.717, 1.165) is 25.6 Å². The van der Waals surface area contributed by atoms with Crippen LogP contribution in [0.1, 0.15) is 25.1 Å². The number of benzene rings is 1. The zero-order valence-electron chi connectivity index (χ0n) is 12.1. The first-order chi connectivity index (χ1) is 9.97. The van der Waals surface area contributed by atoms with E-state index in [0.29, 0.717) is 5.56 Å². The highest BCUT2D eigenvalue weighted by Gasteiger charge is 2.42. The molecule has 0 spiro atoms. The summed E-state index contributed by atoms with van der Waals surface area (Å²) in [5.74, 6) is -1.74. The first-order valence-electron chi connectivity index (χ1n) is 7.19. The molecule has 2 fully saturated rings. The summed E-state index contributed by atoms with van der Waals surface area (Å²) >= 11 is 0. The van der Waals surface area contributed by atoms with Crippen molar-refractivity contribution < 1.29 is 13.6 Å². The predicted molar refractivity (Wildman–Crippen MR) is 74.4 cm³/mol. The number of likely N-dealkylation sites (N-methyl/N-ethyl adjacent to an activating group) is 1. The number of amides is 1. The van der Waals surface area contributed by atoms with E-state index in [4.69, 9.17) is 0 Å². The van der Waals surface area contributed by atoms with Gasteiger partial charge in [-0.05, 0) is 44.6 Å². The van der Waals surface area contributed by atoms with Gasteiger partial charge >= 0.3 is 0 Å². The minimum atomic E-state index is -0.884. The topological polar surface area (TPSA) is 35.6 Å². The molecule has 3 rings (SSSR count). The van der Waals surface area contributed by atoms with Gasteiger partial charge in [-0.1, -0.05) is 6.07 Å². The number of likely N-dealkylation sites (tertiary alicyclic amines) is 1. The van der Waals surface area contributed by atoms with Gasteiger partial charge in [-0.15, -0.1) is 0 Å². The lowest BCUT2D eigenvalue weighted by atomic mass is 10.1. The molecule has 3 atom stereocenters. The van der Waals surface area contributed by atoms with Crippen LogP contribution in [0.2, 0.25) is 0 Å². The van der Waals surface area contributed by atoms with Crippen LogP contribution in [-0.2, 0) is 4.79 Å². The molecule has 114 valence electrons. The molecule has 2 aliphatic heterocycles. The number of carbonyl (C=O) groups is 1. The second-order valence-electron chi connectivity index (χ2n) is 5.91. The molecular formula is C15H19F2N3O. The molecule has 0 radical (unpaired) electrons. The summed E-state index contributed by atoms with van der Waals surface area (Å²) in [7, 11) is 2.02. The van der Waals surface area contributed by atoms with Crippen molar-refractivity contribution in [1.82, 2.24) is 15.1 Å². The third kappa shape index (κ3) is 2.53. The Morgan fingerprint density at radius 2 is 2.05 bits per heavy atom. The van der Waals surface area contributed by atoms with E-state index in [1.165, 1.54) is 12.1 Å². The van der Waals surface area contributed by atoms with E-state index >= 15 is 0 Å². The SMILES string of the molecule is CC1NC(c2ccc(F)c(F)c2)N(C2CCN(C)C2)C1=O. The minimum absolute atomic E-state index is 0.0185. The molecule has 0 aromatic heterocycles. The summed E-state index contributed by atoms with van der Waals surface area (Å²) in [5.41, 5.74) is 0.584. The average molecular weight is 295 g/mol. The summed E-state index contributed by atoms with van der Waals surface area (Å²) < 4.78 is 26.6. The number of rotatable bonds is 2. The van der Waals surface area contributed by atoms with E-state index in [1.807, 2.05) is 7.05 Å². The first kappa shape index (κ1) is 14.4. The maximum absolute atomic E-state index is 13.5. The van der Waals surface area contributed by atoms with Crippen molar-refractivity contribution in [1.29, 1.82) is 0 Å². The van der Waals surface area contributed by atoms with Crippen molar-refractivity contribution in [3.8, 4) is 0 Å². The molecule has 4 nitrogen and oxygen atoms in total. The van der Waals surface area contributed by atoms with Crippen LogP contribution in [0, 0.1) is 11.6 Å². The standard InChI is InChI=1S/C15H19F2N3O/c1-9-15(21)20(11-5-6-19(2)8-11)14(18-9)10-3-4-12(16)13(17)7-10/h3-4,7,9,11,14,18H,5-6,8H2,1-2H3. The highest BCUT2D eigenvalue weighted by Crippen LogP contribution is 2.31. The van der Waals surface area contributed by atoms with Crippen molar-refractivity contribution in [2.24, 2.45) is 0 Å². The first-order valence-corrected chi connectivity index (χ1v) is 7.19. The molecular weight excluding hydrogens is 276 g/mol. The van der Waals surface area contributed by atoms with Crippen LogP contribution >= 0.6 is 0 Å². The fourth-order valence-corrected chi connectivity index (χ4v) is 3.21. The molecule has 3 unspecified atom stereocenters. The molecule has 2 aliphatic rings. The summed E-state index contributed by atoms with van der Waals surface area (Å²) in [6, 6.07) is 3.61. The van der Waals surface area contributed by atoms with Gasteiger partial charge in [-0.25, -0.2) is 8.78 Å². The number of hydrogen-bond donors (Lipinski definition) is 1. The third-order valence-corrected chi connectivity index (χ3v) is 4.33. The Morgan fingerprint density at radius 3 is 2.67 bits per heavy atom. The fraction of sp³-hybridized carbons (Fsp3) is 0.533. The predicted octanol–water partition coefficient (Wildman–Crippen LogP) is 1.49. The molecule has 0 bridgehead atoms. The second-order valence-corrected chi connectivity index (χ2v) is 5.91. The fourth-order valence-electron chi connectivity index (χ4n) is 3.21. The van der Waals surface area contributed by atoms with Gasteiger partial charge < -0.3 is 9.80 Å². The average Bonchev–Trinajstić information content (AvgIpc) is 2.98. The van der Waals surface area contributed by atoms with Crippen molar-refractivity contribution in [2.75, 3.05) is 20.1 Å². The molecule has 1 aromatic rings. The molecule has 1 aromatic carbocycles. The summed E-state index contributed by atoms with van der Waals surface area (Å²) in [6.45, 7) is 3.54. The molecule has 0 saturated carbocycles. The van der Waals surface area contributed by atoms with Crippen LogP contribution in [-0.4, -0.2) is 47.9 Å². The van der Waals surface area contributed by atoms with Gasteiger partial charge in [0.25, 0.3) is 0 Å². The highest BCUT2D eigenvalue weighted by atomic mass is 19.2. The maximum Gasteiger partial charge on any atom is 0.241 e. The zero-order valence-corrected chi connectivity index (χ0v) is 12.1. The number of halogens is 2. The van der Waals surface area contributed by atoms with E-state index in [9.17, 15) is 13.6 Å². The second kappa shape index (κ2) is 5.35. The summed E-state index contributed by atoms with van der Waals surface area (Å²) in [5, 5.41) is 3.18. The van der Waals surface area contributed by atoms with Crippen molar-refractivity contribution in [3.63, 3.8) is 0 Å². The van der Waals surface area contributed by atoms with Crippen LogP contribution in [0.25, 0.3) is 0 Å². The van der Waals surface area contributed by atoms with Gasteiger partial charge in [0.1, 0.15) is 6.17 Å². The van der Waals surface area contributed by atoms with Crippen molar-refractivity contribution >= 4 is 5.91 Å². The Balaban J connectivity index is 1.91. The zero-order chi connectivity index (χ0) is 15.1. The smallest absolute Gasteiger partial charge is 0.241 e. The van der Waals surface area contributed by atoms with E-state index in [1.54, 1.807) is 11.8 Å². The Morgan fingerprint density at radius 1 is 1.29 bits per heavy atom. The number of hydrogen-bond acceptors (Lipinski definition) is 3. The van der Waals surface area contributed by atoms with E-state index < -0.39 is 11.6 Å². The van der Waals surface area contributed by atoms with Gasteiger partial charge in [0.2, 0.25) is 5.91 Å². The summed E-state index contributed by atoms with van der Waals surface area (Å²) in [4.78, 5) is 16.4. The largest absolute Gasteiger partial charge is 0.317 e. The third-order valence-electron chi connectivity index (χ3n) is 4.33. The summed E-state index contributed by atoms with van der Waals surface area (Å²) in [6.07, 6.45) is 0.510. The maximum atomic E-state index is 13.5. The number of nitrogens with one attached hydrogen (secondary N) is 1. The van der Waals surface area contributed by atoms with Crippen LogP contribution in [0.15, 0.2) is 18.2 Å². The lowest BCUT2D eigenvalue weighted by molar-refractivity contribution is -0.131. The van der Waals surface area contributed by atoms with Gasteiger partial charge in [-0.3, -0.25) is 10.1 Å². The van der Waals surface area contributed by atoms with Crippen LogP contribution in [0.5, 0.6) is 0 Å². The molecule has 0 aliphatic carbocycles. The molecule has 2 heterocycles. The van der Waals surface area contributed by atoms with E-state index in [2.05, 4.69) is 10.2 Å². The number of carbonyl (C=O) groups excluding carboxylic acids is 1. The monoisotopic (exact) mass is 295 g/mol. The Kier molecular flexibility index (Phi) is 3.67. The van der Waals surface area contributed by atoms with Crippen molar-refractivity contribution in [2.45, 2.75) is 31.6 Å². The molecule has 1 amide bonds. The van der Waals surface area contributed by atoms with Crippen LogP contribution in [0.3, 0.4) is 0 Å². The normalized spacial score (nSPS) is 30.4. The molecule has 1 N–H and O–H groups in total. The van der Waals surface area contributed by atoms with Gasteiger partial charge in [0.15, 0.2) is 11.6 Å². The molecule has 6 heteroatoms. The van der Waals surface area contributed by atoms with Gasteiger partial charge in [-0.2, -0.15) is 0 Å². The van der Waals surface area contributed by atoms with Crippen molar-refractivity contribution in [3.05, 3.63) is 35.4 Å². The minimum Gasteiger partial charge on any atom is -0.317 e. The Hall–Kier alpha value is -1.53. The molecule has 21 heavy (non-hydrogen) atoms. The Labute approximate surface area is 122 Å². The highest BCUT2D eigenvalue weighted by molar-refractivity contribution is 5.84. The van der Waals surface area contributed by atoms with Gasteiger partial charge in [0, 0.05) is 12.6 Å². The Bertz CT molecular complexity index is 566.